The molecule has 0 aliphatic heterocycles. The van der Waals surface area contributed by atoms with Crippen LogP contribution in [0.5, 0.6) is 0 Å². The first-order valence-electron chi connectivity index (χ1n) is 5.35. The van der Waals surface area contributed by atoms with Gasteiger partial charge in [-0.1, -0.05) is 24.3 Å². The molecular weight excluding hydrogens is 200 g/mol. The van der Waals surface area contributed by atoms with Gasteiger partial charge in [-0.15, -0.1) is 0 Å². The Morgan fingerprint density at radius 1 is 1.50 bits per heavy atom. The summed E-state index contributed by atoms with van der Waals surface area (Å²) in [5.41, 5.74) is 8.78. The van der Waals surface area contributed by atoms with Crippen molar-refractivity contribution in [2.75, 3.05) is 5.32 Å². The largest absolute Gasteiger partial charge is 0.358 e. The number of benzene rings is 1. The minimum atomic E-state index is -0.188. The Balaban J connectivity index is 2.50. The van der Waals surface area contributed by atoms with Crippen molar-refractivity contribution in [3.63, 3.8) is 0 Å². The number of aryl methyl sites for hydroxylation is 1. The highest BCUT2D eigenvalue weighted by atomic mass is 16.1. The van der Waals surface area contributed by atoms with Crippen LogP contribution >= 0.6 is 0 Å². The molecule has 1 aromatic rings. The molecule has 0 bridgehead atoms. The Labute approximate surface area is 96.3 Å². The molecule has 0 aliphatic rings. The lowest BCUT2D eigenvalue weighted by molar-refractivity contribution is -0.107. The molecule has 0 aromatic heterocycles. The molecule has 16 heavy (non-hydrogen) atoms. The maximum Gasteiger partial charge on any atom is 0.120 e. The van der Waals surface area contributed by atoms with Crippen LogP contribution in [0.15, 0.2) is 36.5 Å². The summed E-state index contributed by atoms with van der Waals surface area (Å²) in [4.78, 5) is 10.2. The second-order valence-electron chi connectivity index (χ2n) is 3.87. The Bertz CT molecular complexity index is 357. The first-order valence-corrected chi connectivity index (χ1v) is 5.35. The highest BCUT2D eigenvalue weighted by Crippen LogP contribution is 2.13. The summed E-state index contributed by atoms with van der Waals surface area (Å²) in [5.74, 6) is 0. The van der Waals surface area contributed by atoms with Crippen molar-refractivity contribution >= 4 is 12.0 Å². The molecule has 0 saturated heterocycles. The average Bonchev–Trinajstić information content (AvgIpc) is 2.29. The first kappa shape index (κ1) is 12.5. The number of carbonyl (C=O) groups excluding carboxylic acids is 1. The summed E-state index contributed by atoms with van der Waals surface area (Å²) in [5, 5.41) is 3.14. The van der Waals surface area contributed by atoms with E-state index in [-0.39, 0.29) is 6.04 Å². The molecule has 1 aromatic carbocycles. The van der Waals surface area contributed by atoms with E-state index in [1.165, 1.54) is 5.56 Å². The molecule has 1 atom stereocenters. The summed E-state index contributed by atoms with van der Waals surface area (Å²) in [7, 11) is 0. The number of carbonyl (C=O) groups is 1. The van der Waals surface area contributed by atoms with Gasteiger partial charge in [-0.25, -0.2) is 0 Å². The maximum atomic E-state index is 10.2. The molecule has 0 spiro atoms. The molecule has 0 saturated carbocycles. The SMILES string of the molecule is C=C(Nc1ccc(C)cc1)C(N)CCC=O. The highest BCUT2D eigenvalue weighted by Gasteiger charge is 2.06. The highest BCUT2D eigenvalue weighted by molar-refractivity contribution is 5.51. The molecule has 0 aliphatic carbocycles. The molecular formula is C13H18N2O. The summed E-state index contributed by atoms with van der Waals surface area (Å²) in [6.07, 6.45) is 1.97. The molecule has 0 heterocycles. The lowest BCUT2D eigenvalue weighted by Crippen LogP contribution is -2.26. The molecule has 0 radical (unpaired) electrons. The van der Waals surface area contributed by atoms with Gasteiger partial charge < -0.3 is 15.8 Å². The summed E-state index contributed by atoms with van der Waals surface area (Å²) < 4.78 is 0. The standard InChI is InChI=1S/C13H18N2O/c1-10-5-7-12(8-6-10)15-11(2)13(14)4-3-9-16/h5-9,13,15H,2-4,14H2,1H3. The van der Waals surface area contributed by atoms with E-state index in [0.29, 0.717) is 12.8 Å². The molecule has 1 rings (SSSR count). The fourth-order valence-corrected chi connectivity index (χ4v) is 1.34. The number of rotatable bonds is 6. The Kier molecular flexibility index (Phi) is 4.73. The zero-order chi connectivity index (χ0) is 12.0. The van der Waals surface area contributed by atoms with Crippen LogP contribution in [0.4, 0.5) is 5.69 Å². The van der Waals surface area contributed by atoms with Crippen LogP contribution in [0.25, 0.3) is 0 Å². The summed E-state index contributed by atoms with van der Waals surface area (Å²) in [6, 6.07) is 7.81. The normalized spacial score (nSPS) is 11.9. The van der Waals surface area contributed by atoms with Gasteiger partial charge in [0, 0.05) is 23.8 Å². The van der Waals surface area contributed by atoms with Crippen molar-refractivity contribution < 1.29 is 4.79 Å². The number of nitrogens with two attached hydrogens (primary N) is 1. The lowest BCUT2D eigenvalue weighted by atomic mass is 10.1. The van der Waals surface area contributed by atoms with Crippen molar-refractivity contribution in [3.05, 3.63) is 42.1 Å². The number of aldehydes is 1. The van der Waals surface area contributed by atoms with Crippen molar-refractivity contribution in [2.24, 2.45) is 5.73 Å². The van der Waals surface area contributed by atoms with E-state index < -0.39 is 0 Å². The molecule has 3 nitrogen and oxygen atoms in total. The van der Waals surface area contributed by atoms with Crippen molar-refractivity contribution in [2.45, 2.75) is 25.8 Å². The third-order valence-electron chi connectivity index (χ3n) is 2.40. The van der Waals surface area contributed by atoms with Gasteiger partial charge in [-0.05, 0) is 25.5 Å². The third kappa shape index (κ3) is 3.87. The van der Waals surface area contributed by atoms with Gasteiger partial charge in [0.25, 0.3) is 0 Å². The molecule has 0 amide bonds. The van der Waals surface area contributed by atoms with Crippen LogP contribution in [-0.4, -0.2) is 12.3 Å². The fraction of sp³-hybridized carbons (Fsp3) is 0.308. The zero-order valence-electron chi connectivity index (χ0n) is 9.57. The second kappa shape index (κ2) is 6.08. The molecule has 86 valence electrons. The van der Waals surface area contributed by atoms with Gasteiger partial charge in [-0.2, -0.15) is 0 Å². The van der Waals surface area contributed by atoms with Gasteiger partial charge in [-0.3, -0.25) is 0 Å². The van der Waals surface area contributed by atoms with Gasteiger partial charge in [0.2, 0.25) is 0 Å². The fourth-order valence-electron chi connectivity index (χ4n) is 1.34. The Morgan fingerprint density at radius 3 is 2.69 bits per heavy atom. The summed E-state index contributed by atoms with van der Waals surface area (Å²) in [6.45, 7) is 5.91. The van der Waals surface area contributed by atoms with E-state index in [2.05, 4.69) is 11.9 Å². The van der Waals surface area contributed by atoms with Crippen molar-refractivity contribution in [3.8, 4) is 0 Å². The first-order chi connectivity index (χ1) is 7.63. The smallest absolute Gasteiger partial charge is 0.120 e. The van der Waals surface area contributed by atoms with Gasteiger partial charge in [0.15, 0.2) is 0 Å². The van der Waals surface area contributed by atoms with E-state index in [9.17, 15) is 4.79 Å². The van der Waals surface area contributed by atoms with E-state index in [4.69, 9.17) is 5.73 Å². The number of nitrogens with one attached hydrogen (secondary N) is 1. The van der Waals surface area contributed by atoms with Crippen LogP contribution in [0.1, 0.15) is 18.4 Å². The van der Waals surface area contributed by atoms with Crippen molar-refractivity contribution in [1.29, 1.82) is 0 Å². The molecule has 1 unspecified atom stereocenters. The summed E-state index contributed by atoms with van der Waals surface area (Å²) >= 11 is 0. The van der Waals surface area contributed by atoms with E-state index in [1.54, 1.807) is 0 Å². The predicted molar refractivity (Wildman–Crippen MR) is 67.2 cm³/mol. The average molecular weight is 218 g/mol. The lowest BCUT2D eigenvalue weighted by Gasteiger charge is -2.15. The van der Waals surface area contributed by atoms with Gasteiger partial charge in [0.05, 0.1) is 0 Å². The number of hydrogen-bond donors (Lipinski definition) is 2. The van der Waals surface area contributed by atoms with E-state index in [1.807, 2.05) is 31.2 Å². The zero-order valence-corrected chi connectivity index (χ0v) is 9.57. The van der Waals surface area contributed by atoms with Gasteiger partial charge >= 0.3 is 0 Å². The van der Waals surface area contributed by atoms with Crippen LogP contribution in [0.3, 0.4) is 0 Å². The van der Waals surface area contributed by atoms with Crippen LogP contribution < -0.4 is 11.1 Å². The minimum absolute atomic E-state index is 0.188. The topological polar surface area (TPSA) is 55.1 Å². The number of anilines is 1. The third-order valence-corrected chi connectivity index (χ3v) is 2.40. The minimum Gasteiger partial charge on any atom is -0.358 e. The van der Waals surface area contributed by atoms with Crippen LogP contribution in [0.2, 0.25) is 0 Å². The molecule has 3 N–H and O–H groups in total. The Hall–Kier alpha value is -1.61. The second-order valence-corrected chi connectivity index (χ2v) is 3.87. The van der Waals surface area contributed by atoms with Crippen LogP contribution in [0, 0.1) is 6.92 Å². The maximum absolute atomic E-state index is 10.2. The Morgan fingerprint density at radius 2 is 2.12 bits per heavy atom. The van der Waals surface area contributed by atoms with E-state index >= 15 is 0 Å². The van der Waals surface area contributed by atoms with Crippen LogP contribution in [-0.2, 0) is 4.79 Å². The van der Waals surface area contributed by atoms with Crippen molar-refractivity contribution in [1.82, 2.24) is 0 Å². The molecule has 0 fully saturated rings. The molecule has 3 heteroatoms. The van der Waals surface area contributed by atoms with E-state index in [0.717, 1.165) is 17.7 Å². The monoisotopic (exact) mass is 218 g/mol. The predicted octanol–water partition coefficient (Wildman–Crippen LogP) is 2.23. The number of hydrogen-bond acceptors (Lipinski definition) is 3. The quantitative estimate of drug-likeness (QED) is 0.720. The van der Waals surface area contributed by atoms with Gasteiger partial charge in [0.1, 0.15) is 6.29 Å².